The number of carbonyl (C=O) groups is 1. The zero-order chi connectivity index (χ0) is 15.8. The molecule has 0 radical (unpaired) electrons. The molecule has 0 bridgehead atoms. The molecule has 3 heteroatoms. The van der Waals surface area contributed by atoms with Gasteiger partial charge in [0.1, 0.15) is 0 Å². The minimum atomic E-state index is -1.83. The maximum atomic E-state index is 8.56. The van der Waals surface area contributed by atoms with Crippen LogP contribution in [0.5, 0.6) is 0 Å². The summed E-state index contributed by atoms with van der Waals surface area (Å²) < 4.78 is 0. The number of rotatable bonds is 2. The molecule has 3 aromatic carbocycles. The average Bonchev–Trinajstić information content (AvgIpc) is 2.56. The summed E-state index contributed by atoms with van der Waals surface area (Å²) >= 11 is 0. The molecule has 3 aromatic rings. The minimum Gasteiger partial charge on any atom is -0.450 e. The van der Waals surface area contributed by atoms with Crippen LogP contribution in [-0.4, -0.2) is 16.4 Å². The summed E-state index contributed by atoms with van der Waals surface area (Å²) in [6.45, 7) is 0. The van der Waals surface area contributed by atoms with Crippen LogP contribution >= 0.6 is 0 Å². The van der Waals surface area contributed by atoms with Gasteiger partial charge in [0.2, 0.25) is 0 Å². The van der Waals surface area contributed by atoms with Gasteiger partial charge < -0.3 is 10.2 Å². The predicted molar refractivity (Wildman–Crippen MR) is 88.0 cm³/mol. The summed E-state index contributed by atoms with van der Waals surface area (Å²) in [5, 5.41) is 13.9. The van der Waals surface area contributed by atoms with Crippen LogP contribution in [0.1, 0.15) is 0 Å². The van der Waals surface area contributed by atoms with Gasteiger partial charge in [-0.2, -0.15) is 0 Å². The molecule has 0 heterocycles. The molecule has 3 rings (SSSR count). The van der Waals surface area contributed by atoms with Crippen LogP contribution < -0.4 is 0 Å². The van der Waals surface area contributed by atoms with E-state index in [0.717, 1.165) is 0 Å². The van der Waals surface area contributed by atoms with E-state index in [-0.39, 0.29) is 0 Å². The minimum absolute atomic E-state index is 1.26. The Bertz CT molecular complexity index is 659. The maximum absolute atomic E-state index is 8.56. The Kier molecular flexibility index (Phi) is 5.32. The second-order valence-electron chi connectivity index (χ2n) is 4.56. The molecule has 22 heavy (non-hydrogen) atoms. The lowest BCUT2D eigenvalue weighted by molar-refractivity contribution is 0.137. The summed E-state index contributed by atoms with van der Waals surface area (Å²) in [7, 11) is 0. The van der Waals surface area contributed by atoms with Gasteiger partial charge in [0, 0.05) is 0 Å². The highest BCUT2D eigenvalue weighted by Gasteiger charge is 2.05. The van der Waals surface area contributed by atoms with Crippen LogP contribution in [0.4, 0.5) is 4.79 Å². The molecule has 0 saturated heterocycles. The smallest absolute Gasteiger partial charge is 0.450 e. The third-order valence-electron chi connectivity index (χ3n) is 3.10. The Hall–Kier alpha value is -3.07. The molecule has 0 unspecified atom stereocenters. The molecule has 0 aliphatic carbocycles. The largest absolute Gasteiger partial charge is 0.503 e. The number of carboxylic acid groups (broad SMARTS) is 2. The zero-order valence-electron chi connectivity index (χ0n) is 11.9. The molecule has 0 saturated carbocycles. The fourth-order valence-corrected chi connectivity index (χ4v) is 2.22. The van der Waals surface area contributed by atoms with E-state index in [0.29, 0.717) is 0 Å². The van der Waals surface area contributed by atoms with Gasteiger partial charge in [0.05, 0.1) is 0 Å². The van der Waals surface area contributed by atoms with E-state index in [4.69, 9.17) is 15.0 Å². The number of hydrogen-bond donors (Lipinski definition) is 2. The van der Waals surface area contributed by atoms with E-state index in [1.165, 1.54) is 22.3 Å². The summed E-state index contributed by atoms with van der Waals surface area (Å²) in [4.78, 5) is 8.56. The van der Waals surface area contributed by atoms with Gasteiger partial charge in [-0.15, -0.1) is 0 Å². The lowest BCUT2D eigenvalue weighted by Gasteiger charge is -2.09. The van der Waals surface area contributed by atoms with Gasteiger partial charge in [0.25, 0.3) is 0 Å². The zero-order valence-corrected chi connectivity index (χ0v) is 11.9. The van der Waals surface area contributed by atoms with Crippen molar-refractivity contribution < 1.29 is 15.0 Å². The third-order valence-corrected chi connectivity index (χ3v) is 3.10. The highest BCUT2D eigenvalue weighted by Crippen LogP contribution is 2.31. The summed E-state index contributed by atoms with van der Waals surface area (Å²) in [6.07, 6.45) is -1.83. The molecule has 0 fully saturated rings. The van der Waals surface area contributed by atoms with Crippen molar-refractivity contribution >= 4 is 6.16 Å². The Labute approximate surface area is 129 Å². The van der Waals surface area contributed by atoms with Crippen LogP contribution in [0.15, 0.2) is 84.9 Å². The lowest BCUT2D eigenvalue weighted by Crippen LogP contribution is -1.83. The van der Waals surface area contributed by atoms with Crippen LogP contribution in [0.2, 0.25) is 0 Å². The Morgan fingerprint density at radius 3 is 1.14 bits per heavy atom. The van der Waals surface area contributed by atoms with E-state index in [1.54, 1.807) is 0 Å². The topological polar surface area (TPSA) is 57.5 Å². The number of benzene rings is 3. The fraction of sp³-hybridized carbons (Fsp3) is 0. The third kappa shape index (κ3) is 4.21. The van der Waals surface area contributed by atoms with Gasteiger partial charge in [-0.25, -0.2) is 4.79 Å². The van der Waals surface area contributed by atoms with Gasteiger partial charge in [-0.3, -0.25) is 0 Å². The molecule has 0 spiro atoms. The molecular weight excluding hydrogens is 276 g/mol. The Morgan fingerprint density at radius 2 is 0.818 bits per heavy atom. The van der Waals surface area contributed by atoms with Crippen molar-refractivity contribution in [2.24, 2.45) is 0 Å². The fourth-order valence-electron chi connectivity index (χ4n) is 2.22. The highest BCUT2D eigenvalue weighted by molar-refractivity contribution is 5.83. The molecule has 0 aromatic heterocycles. The van der Waals surface area contributed by atoms with Crippen molar-refractivity contribution in [2.45, 2.75) is 0 Å². The van der Waals surface area contributed by atoms with E-state index in [9.17, 15) is 0 Å². The summed E-state index contributed by atoms with van der Waals surface area (Å²) in [6, 6.07) is 29.6. The molecule has 3 nitrogen and oxygen atoms in total. The molecule has 0 atom stereocenters. The standard InChI is InChI=1S/C18H14.CH2O3/c1-3-9-15(10-4-1)17-13-7-8-14-18(17)16-11-5-2-6-12-16;2-1(3)4/h1-14H;(H2,2,3,4). The first-order valence-electron chi connectivity index (χ1n) is 6.80. The SMILES string of the molecule is O=C(O)O.c1ccc(-c2ccccc2-c2ccccc2)cc1. The summed E-state index contributed by atoms with van der Waals surface area (Å²) in [5.74, 6) is 0. The van der Waals surface area contributed by atoms with E-state index >= 15 is 0 Å². The first-order chi connectivity index (χ1) is 10.7. The van der Waals surface area contributed by atoms with Gasteiger partial charge in [-0.1, -0.05) is 84.9 Å². The molecule has 0 aliphatic rings. The first-order valence-corrected chi connectivity index (χ1v) is 6.80. The Balaban J connectivity index is 0.000000396. The average molecular weight is 292 g/mol. The van der Waals surface area contributed by atoms with E-state index < -0.39 is 6.16 Å². The molecule has 0 amide bonds. The van der Waals surface area contributed by atoms with Crippen molar-refractivity contribution in [3.8, 4) is 22.3 Å². The maximum Gasteiger partial charge on any atom is 0.503 e. The predicted octanol–water partition coefficient (Wildman–Crippen LogP) is 5.24. The molecular formula is C19H16O3. The monoisotopic (exact) mass is 292 g/mol. The van der Waals surface area contributed by atoms with Crippen molar-refractivity contribution in [3.05, 3.63) is 84.9 Å². The quantitative estimate of drug-likeness (QED) is 0.678. The van der Waals surface area contributed by atoms with Gasteiger partial charge in [-0.05, 0) is 22.3 Å². The van der Waals surface area contributed by atoms with Crippen molar-refractivity contribution in [3.63, 3.8) is 0 Å². The highest BCUT2D eigenvalue weighted by atomic mass is 16.6. The second-order valence-corrected chi connectivity index (χ2v) is 4.56. The van der Waals surface area contributed by atoms with Gasteiger partial charge >= 0.3 is 6.16 Å². The van der Waals surface area contributed by atoms with Crippen molar-refractivity contribution in [1.82, 2.24) is 0 Å². The van der Waals surface area contributed by atoms with Crippen LogP contribution in [0, 0.1) is 0 Å². The molecule has 0 aliphatic heterocycles. The van der Waals surface area contributed by atoms with E-state index in [2.05, 4.69) is 84.9 Å². The molecule has 110 valence electrons. The van der Waals surface area contributed by atoms with Crippen molar-refractivity contribution in [1.29, 1.82) is 0 Å². The first kappa shape index (κ1) is 15.3. The van der Waals surface area contributed by atoms with Crippen LogP contribution in [-0.2, 0) is 0 Å². The van der Waals surface area contributed by atoms with Gasteiger partial charge in [0.15, 0.2) is 0 Å². The van der Waals surface area contributed by atoms with E-state index in [1.807, 2.05) is 0 Å². The summed E-state index contributed by atoms with van der Waals surface area (Å²) in [5.41, 5.74) is 5.09. The lowest BCUT2D eigenvalue weighted by atomic mass is 9.95. The normalized spacial score (nSPS) is 9.45. The van der Waals surface area contributed by atoms with Crippen LogP contribution in [0.3, 0.4) is 0 Å². The second kappa shape index (κ2) is 7.64. The number of hydrogen-bond acceptors (Lipinski definition) is 1. The molecule has 2 N–H and O–H groups in total. The van der Waals surface area contributed by atoms with Crippen molar-refractivity contribution in [2.75, 3.05) is 0 Å². The Morgan fingerprint density at radius 1 is 0.545 bits per heavy atom. The van der Waals surface area contributed by atoms with Crippen LogP contribution in [0.25, 0.3) is 22.3 Å².